The van der Waals surface area contributed by atoms with E-state index in [-0.39, 0.29) is 11.8 Å². The summed E-state index contributed by atoms with van der Waals surface area (Å²) in [5.41, 5.74) is 0. The number of Topliss-reactive ketones (excluding diaryl/α,β-unsaturated/α-hetero) is 1. The summed E-state index contributed by atoms with van der Waals surface area (Å²) < 4.78 is 0. The third-order valence-corrected chi connectivity index (χ3v) is 2.40. The first-order chi connectivity index (χ1) is 5.63. The molecule has 68 valence electrons. The molecule has 1 aliphatic rings. The Bertz CT molecular complexity index is 179. The lowest BCUT2D eigenvalue weighted by Crippen LogP contribution is -2.45. The van der Waals surface area contributed by atoms with Crippen LogP contribution in [-0.2, 0) is 4.79 Å². The second kappa shape index (κ2) is 3.70. The maximum absolute atomic E-state index is 11.2. The Balaban J connectivity index is 2.67. The van der Waals surface area contributed by atoms with Crippen molar-refractivity contribution in [3.05, 3.63) is 0 Å². The van der Waals surface area contributed by atoms with E-state index in [4.69, 9.17) is 5.41 Å². The molecule has 1 atom stereocenters. The van der Waals surface area contributed by atoms with Crippen molar-refractivity contribution >= 4 is 11.6 Å². The fourth-order valence-corrected chi connectivity index (χ4v) is 1.76. The number of hydrogen-bond acceptors (Lipinski definition) is 2. The number of carbonyl (C=O) groups is 1. The molecule has 0 saturated carbocycles. The van der Waals surface area contributed by atoms with Gasteiger partial charge in [0.2, 0.25) is 0 Å². The van der Waals surface area contributed by atoms with Gasteiger partial charge in [0, 0.05) is 6.54 Å². The molecule has 0 spiro atoms. The van der Waals surface area contributed by atoms with Crippen LogP contribution in [0.2, 0.25) is 0 Å². The molecule has 0 amide bonds. The molecule has 0 radical (unpaired) electrons. The number of ketones is 1. The van der Waals surface area contributed by atoms with E-state index in [2.05, 4.69) is 0 Å². The SMILES string of the molecule is CC(=N)N1CCCCC1C(C)=O. The van der Waals surface area contributed by atoms with Gasteiger partial charge >= 0.3 is 0 Å². The lowest BCUT2D eigenvalue weighted by Gasteiger charge is -2.34. The molecule has 1 fully saturated rings. The second-order valence-corrected chi connectivity index (χ2v) is 3.40. The first kappa shape index (κ1) is 9.23. The Morgan fingerprint density at radius 2 is 2.08 bits per heavy atom. The highest BCUT2D eigenvalue weighted by molar-refractivity contribution is 5.87. The van der Waals surface area contributed by atoms with Crippen LogP contribution < -0.4 is 0 Å². The molecule has 3 heteroatoms. The van der Waals surface area contributed by atoms with Crippen molar-refractivity contribution in [2.75, 3.05) is 6.54 Å². The molecule has 3 nitrogen and oxygen atoms in total. The van der Waals surface area contributed by atoms with Gasteiger partial charge < -0.3 is 4.90 Å². The van der Waals surface area contributed by atoms with Gasteiger partial charge in [-0.1, -0.05) is 0 Å². The Morgan fingerprint density at radius 1 is 1.42 bits per heavy atom. The van der Waals surface area contributed by atoms with Gasteiger partial charge in [0.1, 0.15) is 0 Å². The molecule has 1 heterocycles. The monoisotopic (exact) mass is 168 g/mol. The fourth-order valence-electron chi connectivity index (χ4n) is 1.76. The first-order valence-electron chi connectivity index (χ1n) is 4.45. The Kier molecular flexibility index (Phi) is 2.84. The molecule has 1 aliphatic heterocycles. The van der Waals surface area contributed by atoms with E-state index in [1.807, 2.05) is 4.90 Å². The average molecular weight is 168 g/mol. The fraction of sp³-hybridized carbons (Fsp3) is 0.778. The summed E-state index contributed by atoms with van der Waals surface area (Å²) in [6.07, 6.45) is 3.15. The van der Waals surface area contributed by atoms with Crippen molar-refractivity contribution in [2.45, 2.75) is 39.2 Å². The summed E-state index contributed by atoms with van der Waals surface area (Å²) in [6, 6.07) is -0.0174. The zero-order valence-electron chi connectivity index (χ0n) is 7.76. The van der Waals surface area contributed by atoms with Crippen LogP contribution in [0.15, 0.2) is 0 Å². The molecular weight excluding hydrogens is 152 g/mol. The lowest BCUT2D eigenvalue weighted by atomic mass is 9.99. The highest BCUT2D eigenvalue weighted by Gasteiger charge is 2.25. The molecule has 1 unspecified atom stereocenters. The van der Waals surface area contributed by atoms with Crippen molar-refractivity contribution in [1.29, 1.82) is 5.41 Å². The highest BCUT2D eigenvalue weighted by Crippen LogP contribution is 2.17. The van der Waals surface area contributed by atoms with Crippen LogP contribution in [0, 0.1) is 5.41 Å². The third kappa shape index (κ3) is 1.84. The van der Waals surface area contributed by atoms with E-state index in [1.54, 1.807) is 13.8 Å². The predicted molar refractivity (Wildman–Crippen MR) is 48.4 cm³/mol. The normalized spacial score (nSPS) is 23.8. The minimum atomic E-state index is -0.0174. The summed E-state index contributed by atoms with van der Waals surface area (Å²) in [6.45, 7) is 4.24. The van der Waals surface area contributed by atoms with Crippen LogP contribution in [-0.4, -0.2) is 29.1 Å². The van der Waals surface area contributed by atoms with Crippen molar-refractivity contribution in [3.8, 4) is 0 Å². The van der Waals surface area contributed by atoms with Gasteiger partial charge in [0.05, 0.1) is 11.9 Å². The summed E-state index contributed by atoms with van der Waals surface area (Å²) in [5.74, 6) is 0.719. The summed E-state index contributed by atoms with van der Waals surface area (Å²) in [5, 5.41) is 7.49. The molecule has 1 saturated heterocycles. The van der Waals surface area contributed by atoms with Crippen molar-refractivity contribution < 1.29 is 4.79 Å². The largest absolute Gasteiger partial charge is 0.351 e. The van der Waals surface area contributed by atoms with Crippen molar-refractivity contribution in [3.63, 3.8) is 0 Å². The lowest BCUT2D eigenvalue weighted by molar-refractivity contribution is -0.121. The average Bonchev–Trinajstić information content (AvgIpc) is 2.04. The number of nitrogens with zero attached hydrogens (tertiary/aromatic N) is 1. The number of likely N-dealkylation sites (tertiary alicyclic amines) is 1. The second-order valence-electron chi connectivity index (χ2n) is 3.40. The number of piperidine rings is 1. The molecule has 1 rings (SSSR count). The van der Waals surface area contributed by atoms with E-state index >= 15 is 0 Å². The number of hydrogen-bond donors (Lipinski definition) is 1. The molecule has 0 aromatic rings. The zero-order valence-corrected chi connectivity index (χ0v) is 7.76. The van der Waals surface area contributed by atoms with Crippen molar-refractivity contribution in [2.24, 2.45) is 0 Å². The van der Waals surface area contributed by atoms with E-state index < -0.39 is 0 Å². The van der Waals surface area contributed by atoms with Crippen LogP contribution in [0.3, 0.4) is 0 Å². The molecule has 0 aromatic carbocycles. The standard InChI is InChI=1S/C9H16N2O/c1-7(12)9-5-3-4-6-11(9)8(2)10/h9-10H,3-6H2,1-2H3. The summed E-state index contributed by atoms with van der Waals surface area (Å²) >= 11 is 0. The summed E-state index contributed by atoms with van der Waals surface area (Å²) in [4.78, 5) is 13.1. The maximum Gasteiger partial charge on any atom is 0.152 e. The van der Waals surface area contributed by atoms with Crippen LogP contribution in [0.25, 0.3) is 0 Å². The number of carbonyl (C=O) groups excluding carboxylic acids is 1. The van der Waals surface area contributed by atoms with Crippen LogP contribution in [0.4, 0.5) is 0 Å². The predicted octanol–water partition coefficient (Wildman–Crippen LogP) is 1.43. The van der Waals surface area contributed by atoms with E-state index in [0.29, 0.717) is 5.84 Å². The van der Waals surface area contributed by atoms with Crippen LogP contribution in [0.1, 0.15) is 33.1 Å². The highest BCUT2D eigenvalue weighted by atomic mass is 16.1. The number of rotatable bonds is 1. The van der Waals surface area contributed by atoms with Gasteiger partial charge in [-0.3, -0.25) is 10.2 Å². The smallest absolute Gasteiger partial charge is 0.152 e. The van der Waals surface area contributed by atoms with Gasteiger partial charge in [-0.15, -0.1) is 0 Å². The molecule has 0 aromatic heterocycles. The Labute approximate surface area is 73.3 Å². The molecular formula is C9H16N2O. The van der Waals surface area contributed by atoms with E-state index in [9.17, 15) is 4.79 Å². The minimum absolute atomic E-state index is 0.0174. The third-order valence-electron chi connectivity index (χ3n) is 2.40. The van der Waals surface area contributed by atoms with Gasteiger partial charge in [0.15, 0.2) is 5.78 Å². The van der Waals surface area contributed by atoms with Gasteiger partial charge in [-0.25, -0.2) is 0 Å². The Morgan fingerprint density at radius 3 is 2.50 bits per heavy atom. The summed E-state index contributed by atoms with van der Waals surface area (Å²) in [7, 11) is 0. The van der Waals surface area contributed by atoms with Gasteiger partial charge in [-0.05, 0) is 33.1 Å². The topological polar surface area (TPSA) is 44.2 Å². The van der Waals surface area contributed by atoms with Gasteiger partial charge in [-0.2, -0.15) is 0 Å². The maximum atomic E-state index is 11.2. The molecule has 0 bridgehead atoms. The number of nitrogens with one attached hydrogen (secondary N) is 1. The van der Waals surface area contributed by atoms with E-state index in [1.165, 1.54) is 0 Å². The van der Waals surface area contributed by atoms with Gasteiger partial charge in [0.25, 0.3) is 0 Å². The molecule has 0 aliphatic carbocycles. The first-order valence-corrected chi connectivity index (χ1v) is 4.45. The van der Waals surface area contributed by atoms with Crippen molar-refractivity contribution in [1.82, 2.24) is 4.90 Å². The van der Waals surface area contributed by atoms with E-state index in [0.717, 1.165) is 25.8 Å². The van der Waals surface area contributed by atoms with Crippen LogP contribution >= 0.6 is 0 Å². The zero-order chi connectivity index (χ0) is 9.14. The quantitative estimate of drug-likeness (QED) is 0.475. The molecule has 1 N–H and O–H groups in total. The number of amidine groups is 1. The van der Waals surface area contributed by atoms with Crippen LogP contribution in [0.5, 0.6) is 0 Å². The Hall–Kier alpha value is -0.860. The molecule has 12 heavy (non-hydrogen) atoms. The minimum Gasteiger partial charge on any atom is -0.351 e.